The molecular weight excluding hydrogens is 164 g/mol. The van der Waals surface area contributed by atoms with Crippen molar-refractivity contribution in [2.45, 2.75) is 32.5 Å². The first-order valence-corrected chi connectivity index (χ1v) is 4.59. The van der Waals surface area contributed by atoms with E-state index >= 15 is 0 Å². The van der Waals surface area contributed by atoms with Crippen molar-refractivity contribution in [1.29, 1.82) is 0 Å². The minimum atomic E-state index is -0.272. The van der Waals surface area contributed by atoms with Crippen LogP contribution in [0.3, 0.4) is 0 Å². The fourth-order valence-electron chi connectivity index (χ4n) is 1.32. The lowest BCUT2D eigenvalue weighted by Gasteiger charge is -2.07. The first-order chi connectivity index (χ1) is 6.24. The van der Waals surface area contributed by atoms with Crippen molar-refractivity contribution >= 4 is 0 Å². The summed E-state index contributed by atoms with van der Waals surface area (Å²) in [4.78, 5) is 0. The molecule has 1 aromatic rings. The highest BCUT2D eigenvalue weighted by Crippen LogP contribution is 2.11. The number of rotatable bonds is 4. The van der Waals surface area contributed by atoms with E-state index in [2.05, 4.69) is 0 Å². The van der Waals surface area contributed by atoms with E-state index in [-0.39, 0.29) is 12.7 Å². The van der Waals surface area contributed by atoms with E-state index < -0.39 is 0 Å². The van der Waals surface area contributed by atoms with Crippen molar-refractivity contribution in [3.8, 4) is 0 Å². The molecule has 0 aromatic heterocycles. The van der Waals surface area contributed by atoms with Gasteiger partial charge in [0.25, 0.3) is 0 Å². The third-order valence-electron chi connectivity index (χ3n) is 2.12. The highest BCUT2D eigenvalue weighted by Gasteiger charge is 2.02. The van der Waals surface area contributed by atoms with E-state index in [0.717, 1.165) is 24.0 Å². The van der Waals surface area contributed by atoms with Gasteiger partial charge in [-0.1, -0.05) is 24.3 Å². The second kappa shape index (κ2) is 5.00. The van der Waals surface area contributed by atoms with Gasteiger partial charge < -0.3 is 10.2 Å². The van der Waals surface area contributed by atoms with Gasteiger partial charge in [-0.25, -0.2) is 0 Å². The molecule has 0 bridgehead atoms. The van der Waals surface area contributed by atoms with Gasteiger partial charge in [-0.2, -0.15) is 0 Å². The number of hydrogen-bond acceptors (Lipinski definition) is 2. The van der Waals surface area contributed by atoms with Crippen LogP contribution in [0.1, 0.15) is 24.5 Å². The number of hydrogen-bond donors (Lipinski definition) is 2. The first kappa shape index (κ1) is 10.2. The van der Waals surface area contributed by atoms with Gasteiger partial charge in [0.2, 0.25) is 0 Å². The second-order valence-corrected chi connectivity index (χ2v) is 3.31. The summed E-state index contributed by atoms with van der Waals surface area (Å²) in [6, 6.07) is 7.78. The van der Waals surface area contributed by atoms with E-state index in [0.29, 0.717) is 0 Å². The molecule has 0 saturated heterocycles. The molecule has 2 nitrogen and oxygen atoms in total. The Morgan fingerprint density at radius 3 is 2.38 bits per heavy atom. The predicted molar refractivity (Wildman–Crippen MR) is 52.4 cm³/mol. The Labute approximate surface area is 78.8 Å². The van der Waals surface area contributed by atoms with Crippen LogP contribution in [0.5, 0.6) is 0 Å². The first-order valence-electron chi connectivity index (χ1n) is 4.59. The summed E-state index contributed by atoms with van der Waals surface area (Å²) in [5.74, 6) is 0. The fraction of sp³-hybridized carbons (Fsp3) is 0.455. The zero-order chi connectivity index (χ0) is 9.68. The Kier molecular flexibility index (Phi) is 3.93. The molecule has 1 unspecified atom stereocenters. The molecule has 1 atom stereocenters. The summed E-state index contributed by atoms with van der Waals surface area (Å²) in [6.45, 7) is 1.86. The van der Waals surface area contributed by atoms with Crippen molar-refractivity contribution in [2.75, 3.05) is 0 Å². The Morgan fingerprint density at radius 2 is 1.85 bits per heavy atom. The van der Waals surface area contributed by atoms with Gasteiger partial charge in [0.15, 0.2) is 0 Å². The molecule has 0 radical (unpaired) electrons. The molecule has 0 fully saturated rings. The average Bonchev–Trinajstić information content (AvgIpc) is 2.15. The third-order valence-corrected chi connectivity index (χ3v) is 2.12. The van der Waals surface area contributed by atoms with Crippen molar-refractivity contribution in [1.82, 2.24) is 0 Å². The van der Waals surface area contributed by atoms with Crippen LogP contribution in [0, 0.1) is 0 Å². The fourth-order valence-corrected chi connectivity index (χ4v) is 1.32. The molecule has 2 heteroatoms. The van der Waals surface area contributed by atoms with Crippen molar-refractivity contribution in [2.24, 2.45) is 0 Å². The molecule has 2 N–H and O–H groups in total. The van der Waals surface area contributed by atoms with E-state index in [1.165, 1.54) is 0 Å². The zero-order valence-electron chi connectivity index (χ0n) is 7.90. The van der Waals surface area contributed by atoms with E-state index in [1.807, 2.05) is 24.3 Å². The molecule has 0 aliphatic rings. The monoisotopic (exact) mass is 180 g/mol. The maximum Gasteiger partial charge on any atom is 0.0684 e. The quantitative estimate of drug-likeness (QED) is 0.737. The standard InChI is InChI=1S/C11H16O2/c1-9(13)6-7-10-4-2-3-5-11(10)8-12/h2-5,9,12-13H,6-8H2,1H3. The molecule has 1 aromatic carbocycles. The van der Waals surface area contributed by atoms with Crippen LogP contribution in [0.15, 0.2) is 24.3 Å². The smallest absolute Gasteiger partial charge is 0.0684 e. The van der Waals surface area contributed by atoms with E-state index in [4.69, 9.17) is 10.2 Å². The predicted octanol–water partition coefficient (Wildman–Crippen LogP) is 1.49. The largest absolute Gasteiger partial charge is 0.393 e. The lowest BCUT2D eigenvalue weighted by Crippen LogP contribution is -2.03. The molecule has 0 aliphatic carbocycles. The molecule has 13 heavy (non-hydrogen) atoms. The van der Waals surface area contributed by atoms with Gasteiger partial charge in [-0.15, -0.1) is 0 Å². The average molecular weight is 180 g/mol. The molecule has 0 aliphatic heterocycles. The number of aryl methyl sites for hydroxylation is 1. The van der Waals surface area contributed by atoms with Crippen molar-refractivity contribution in [3.05, 3.63) is 35.4 Å². The number of aliphatic hydroxyl groups excluding tert-OH is 2. The molecule has 0 saturated carbocycles. The molecule has 0 amide bonds. The summed E-state index contributed by atoms with van der Waals surface area (Å²) >= 11 is 0. The van der Waals surface area contributed by atoms with Gasteiger partial charge in [-0.05, 0) is 30.9 Å². The van der Waals surface area contributed by atoms with Crippen LogP contribution < -0.4 is 0 Å². The van der Waals surface area contributed by atoms with Gasteiger partial charge in [0.1, 0.15) is 0 Å². The summed E-state index contributed by atoms with van der Waals surface area (Å²) in [7, 11) is 0. The Hall–Kier alpha value is -0.860. The molecule has 72 valence electrons. The van der Waals surface area contributed by atoms with Crippen molar-refractivity contribution in [3.63, 3.8) is 0 Å². The van der Waals surface area contributed by atoms with Crippen molar-refractivity contribution < 1.29 is 10.2 Å². The minimum absolute atomic E-state index is 0.0793. The minimum Gasteiger partial charge on any atom is -0.393 e. The number of benzene rings is 1. The Morgan fingerprint density at radius 1 is 1.23 bits per heavy atom. The van der Waals surface area contributed by atoms with Gasteiger partial charge in [0.05, 0.1) is 12.7 Å². The normalized spacial score (nSPS) is 12.8. The van der Waals surface area contributed by atoms with Gasteiger partial charge in [0, 0.05) is 0 Å². The SMILES string of the molecule is CC(O)CCc1ccccc1CO. The van der Waals surface area contributed by atoms with Crippen LogP contribution in [-0.4, -0.2) is 16.3 Å². The van der Waals surface area contributed by atoms with Gasteiger partial charge >= 0.3 is 0 Å². The summed E-state index contributed by atoms with van der Waals surface area (Å²) in [6.07, 6.45) is 1.30. The maximum absolute atomic E-state index is 9.11. The van der Waals surface area contributed by atoms with E-state index in [1.54, 1.807) is 6.92 Å². The third kappa shape index (κ3) is 3.17. The molecule has 0 heterocycles. The maximum atomic E-state index is 9.11. The number of aliphatic hydroxyl groups is 2. The molecule has 1 rings (SSSR count). The van der Waals surface area contributed by atoms with Crippen LogP contribution in [0.25, 0.3) is 0 Å². The Balaban J connectivity index is 2.64. The lowest BCUT2D eigenvalue weighted by atomic mass is 10.0. The van der Waals surface area contributed by atoms with Crippen LogP contribution >= 0.6 is 0 Å². The van der Waals surface area contributed by atoms with Crippen LogP contribution in [0.4, 0.5) is 0 Å². The summed E-state index contributed by atoms with van der Waals surface area (Å²) in [5.41, 5.74) is 2.09. The van der Waals surface area contributed by atoms with Crippen LogP contribution in [0.2, 0.25) is 0 Å². The Bertz CT molecular complexity index is 256. The summed E-state index contributed by atoms with van der Waals surface area (Å²) in [5, 5.41) is 18.1. The summed E-state index contributed by atoms with van der Waals surface area (Å²) < 4.78 is 0. The van der Waals surface area contributed by atoms with E-state index in [9.17, 15) is 0 Å². The lowest BCUT2D eigenvalue weighted by molar-refractivity contribution is 0.184. The second-order valence-electron chi connectivity index (χ2n) is 3.31. The zero-order valence-corrected chi connectivity index (χ0v) is 7.90. The highest BCUT2D eigenvalue weighted by molar-refractivity contribution is 5.26. The topological polar surface area (TPSA) is 40.5 Å². The molecule has 0 spiro atoms. The van der Waals surface area contributed by atoms with Crippen LogP contribution in [-0.2, 0) is 13.0 Å². The highest BCUT2D eigenvalue weighted by atomic mass is 16.3. The van der Waals surface area contributed by atoms with Gasteiger partial charge in [-0.3, -0.25) is 0 Å². The molecular formula is C11H16O2.